The molecule has 0 aromatic heterocycles. The van der Waals surface area contributed by atoms with Crippen molar-refractivity contribution in [2.45, 2.75) is 34.6 Å². The smallest absolute Gasteiger partial charge is 0.261 e. The molecule has 5 rings (SSSR count). The van der Waals surface area contributed by atoms with Gasteiger partial charge in [-0.3, -0.25) is 9.52 Å². The summed E-state index contributed by atoms with van der Waals surface area (Å²) in [6.07, 6.45) is 0. The Morgan fingerprint density at radius 2 is 1.27 bits per heavy atom. The first-order valence-corrected chi connectivity index (χ1v) is 18.3. The van der Waals surface area contributed by atoms with Crippen molar-refractivity contribution in [3.05, 3.63) is 114 Å². The van der Waals surface area contributed by atoms with E-state index in [9.17, 15) is 30.0 Å². The molecular formula is C31H32N4O7S3. The third-order valence-electron chi connectivity index (χ3n) is 7.39. The first-order valence-electron chi connectivity index (χ1n) is 13.9. The molecule has 1 aliphatic rings. The van der Waals surface area contributed by atoms with Gasteiger partial charge in [-0.1, -0.05) is 54.1 Å². The highest BCUT2D eigenvalue weighted by molar-refractivity contribution is 7.92. The van der Waals surface area contributed by atoms with Crippen LogP contribution in [0.1, 0.15) is 11.1 Å². The van der Waals surface area contributed by atoms with Gasteiger partial charge in [0.05, 0.1) is 20.4 Å². The van der Waals surface area contributed by atoms with Crippen LogP contribution in [-0.4, -0.2) is 65.4 Å². The van der Waals surface area contributed by atoms with Gasteiger partial charge in [-0.25, -0.2) is 25.3 Å². The molecule has 2 N–H and O–H groups in total. The van der Waals surface area contributed by atoms with Gasteiger partial charge in [0, 0.05) is 25.3 Å². The summed E-state index contributed by atoms with van der Waals surface area (Å²) in [7, 11) is -12.2. The number of hydrogen-bond acceptors (Lipinski definition) is 7. The molecular weight excluding hydrogens is 637 g/mol. The van der Waals surface area contributed by atoms with Crippen LogP contribution in [0.3, 0.4) is 0 Å². The van der Waals surface area contributed by atoms with Crippen molar-refractivity contribution >= 4 is 47.4 Å². The maximum Gasteiger partial charge on any atom is 0.261 e. The molecule has 4 aromatic rings. The molecule has 1 saturated heterocycles. The van der Waals surface area contributed by atoms with Gasteiger partial charge in [-0.15, -0.1) is 0 Å². The van der Waals surface area contributed by atoms with Gasteiger partial charge >= 0.3 is 0 Å². The highest BCUT2D eigenvalue weighted by atomic mass is 32.2. The molecule has 0 aliphatic carbocycles. The Hall–Kier alpha value is -4.08. The minimum absolute atomic E-state index is 0.0229. The number of nitrogens with one attached hydrogen (secondary N) is 2. The summed E-state index contributed by atoms with van der Waals surface area (Å²) in [6.45, 7) is 2.85. The Bertz CT molecular complexity index is 2020. The number of rotatable bonds is 9. The number of benzene rings is 4. The van der Waals surface area contributed by atoms with Gasteiger partial charge < -0.3 is 5.32 Å². The van der Waals surface area contributed by atoms with E-state index in [0.717, 1.165) is 19.7 Å². The van der Waals surface area contributed by atoms with Gasteiger partial charge in [0.15, 0.2) is 0 Å². The second-order valence-corrected chi connectivity index (χ2v) is 16.1. The predicted octanol–water partition coefficient (Wildman–Crippen LogP) is 3.81. The molecule has 1 amide bonds. The van der Waals surface area contributed by atoms with E-state index in [4.69, 9.17) is 0 Å². The lowest BCUT2D eigenvalue weighted by molar-refractivity contribution is -0.120. The zero-order valence-corrected chi connectivity index (χ0v) is 26.9. The molecule has 0 radical (unpaired) electrons. The van der Waals surface area contributed by atoms with Crippen LogP contribution >= 0.6 is 0 Å². The Morgan fingerprint density at radius 1 is 0.689 bits per heavy atom. The van der Waals surface area contributed by atoms with Crippen LogP contribution in [0.4, 0.5) is 11.4 Å². The van der Waals surface area contributed by atoms with Crippen LogP contribution in [0.25, 0.3) is 0 Å². The van der Waals surface area contributed by atoms with Crippen molar-refractivity contribution in [3.63, 3.8) is 0 Å². The van der Waals surface area contributed by atoms with Crippen LogP contribution in [0.5, 0.6) is 0 Å². The standard InChI is InChI=1S/C31H32N4O7S3/c1-23-13-18-29(24(2)21-23)33-43(37,38)26-16-14-25(15-17-26)32-31(36)30-22-34(44(39,40)27-9-5-3-6-10-27)19-20-35(30)45(41,42)28-11-7-4-8-12-28/h3-18,21,30,33H,19-20,22H2,1-2H3,(H,32,36)/t30-/m1/s1. The van der Waals surface area contributed by atoms with Gasteiger partial charge in [0.25, 0.3) is 10.0 Å². The largest absolute Gasteiger partial charge is 0.325 e. The van der Waals surface area contributed by atoms with E-state index >= 15 is 0 Å². The molecule has 0 saturated carbocycles. The molecule has 1 atom stereocenters. The monoisotopic (exact) mass is 668 g/mol. The maximum atomic E-state index is 13.7. The highest BCUT2D eigenvalue weighted by Crippen LogP contribution is 2.27. The Kier molecular flexibility index (Phi) is 9.14. The van der Waals surface area contributed by atoms with Crippen LogP contribution < -0.4 is 10.0 Å². The van der Waals surface area contributed by atoms with E-state index < -0.39 is 48.6 Å². The fourth-order valence-corrected chi connectivity index (χ4v) is 9.19. The van der Waals surface area contributed by atoms with Gasteiger partial charge in [0.2, 0.25) is 26.0 Å². The molecule has 45 heavy (non-hydrogen) atoms. The average molecular weight is 669 g/mol. The lowest BCUT2D eigenvalue weighted by Gasteiger charge is -2.38. The number of piperazine rings is 1. The number of aryl methyl sites for hydroxylation is 2. The number of amides is 1. The van der Waals surface area contributed by atoms with Crippen LogP contribution in [-0.2, 0) is 34.9 Å². The lowest BCUT2D eigenvalue weighted by Crippen LogP contribution is -2.60. The summed E-state index contributed by atoms with van der Waals surface area (Å²) < 4.78 is 84.8. The molecule has 1 heterocycles. The normalized spacial score (nSPS) is 16.6. The molecule has 14 heteroatoms. The van der Waals surface area contributed by atoms with Gasteiger partial charge in [-0.05, 0) is 74.0 Å². The predicted molar refractivity (Wildman–Crippen MR) is 171 cm³/mol. The second kappa shape index (κ2) is 12.7. The van der Waals surface area contributed by atoms with Crippen LogP contribution in [0.2, 0.25) is 0 Å². The van der Waals surface area contributed by atoms with E-state index in [1.165, 1.54) is 48.5 Å². The second-order valence-electron chi connectivity index (χ2n) is 10.6. The van der Waals surface area contributed by atoms with Gasteiger partial charge in [-0.2, -0.15) is 8.61 Å². The topological polar surface area (TPSA) is 150 Å². The molecule has 0 spiro atoms. The summed E-state index contributed by atoms with van der Waals surface area (Å²) in [5, 5.41) is 2.64. The number of nitrogens with zero attached hydrogens (tertiary/aromatic N) is 2. The molecule has 1 aliphatic heterocycles. The average Bonchev–Trinajstić information content (AvgIpc) is 3.03. The van der Waals surface area contributed by atoms with Crippen molar-refractivity contribution in [3.8, 4) is 0 Å². The van der Waals surface area contributed by atoms with E-state index in [1.54, 1.807) is 55.5 Å². The van der Waals surface area contributed by atoms with E-state index in [2.05, 4.69) is 10.0 Å². The number of anilines is 2. The van der Waals surface area contributed by atoms with Crippen molar-refractivity contribution in [2.75, 3.05) is 29.7 Å². The Labute approximate surface area is 263 Å². The molecule has 4 aromatic carbocycles. The SMILES string of the molecule is Cc1ccc(NS(=O)(=O)c2ccc(NC(=O)[C@H]3CN(S(=O)(=O)c4ccccc4)CCN3S(=O)(=O)c3ccccc3)cc2)c(C)c1. The van der Waals surface area contributed by atoms with Crippen molar-refractivity contribution < 1.29 is 30.0 Å². The van der Waals surface area contributed by atoms with Crippen molar-refractivity contribution in [1.29, 1.82) is 0 Å². The highest BCUT2D eigenvalue weighted by Gasteiger charge is 2.43. The Morgan fingerprint density at radius 3 is 1.84 bits per heavy atom. The fourth-order valence-electron chi connectivity index (χ4n) is 5.01. The first-order chi connectivity index (χ1) is 21.3. The molecule has 0 bridgehead atoms. The van der Waals surface area contributed by atoms with Crippen LogP contribution in [0.15, 0.2) is 118 Å². The number of sulfonamides is 3. The summed E-state index contributed by atoms with van der Waals surface area (Å²) in [5.41, 5.74) is 2.38. The lowest BCUT2D eigenvalue weighted by atomic mass is 10.1. The zero-order chi connectivity index (χ0) is 32.4. The third kappa shape index (κ3) is 6.94. The van der Waals surface area contributed by atoms with Crippen molar-refractivity contribution in [1.82, 2.24) is 8.61 Å². The minimum atomic E-state index is -4.18. The fraction of sp³-hybridized carbons (Fsp3) is 0.194. The van der Waals surface area contributed by atoms with E-state index in [0.29, 0.717) is 5.69 Å². The number of carbonyl (C=O) groups excluding carboxylic acids is 1. The third-order valence-corrected chi connectivity index (χ3v) is 12.6. The molecule has 1 fully saturated rings. The number of carbonyl (C=O) groups is 1. The summed E-state index contributed by atoms with van der Waals surface area (Å²) >= 11 is 0. The zero-order valence-electron chi connectivity index (χ0n) is 24.5. The molecule has 11 nitrogen and oxygen atoms in total. The first kappa shape index (κ1) is 32.3. The van der Waals surface area contributed by atoms with E-state index in [-0.39, 0.29) is 33.5 Å². The summed E-state index contributed by atoms with van der Waals surface area (Å²) in [6, 6.07) is 24.6. The van der Waals surface area contributed by atoms with Crippen molar-refractivity contribution in [2.24, 2.45) is 0 Å². The maximum absolute atomic E-state index is 13.7. The Balaban J connectivity index is 1.40. The molecule has 0 unspecified atom stereocenters. The minimum Gasteiger partial charge on any atom is -0.325 e. The summed E-state index contributed by atoms with van der Waals surface area (Å²) in [5.74, 6) is -0.772. The molecule has 236 valence electrons. The quantitative estimate of drug-likeness (QED) is 0.276. The van der Waals surface area contributed by atoms with E-state index in [1.807, 2.05) is 13.0 Å². The number of hydrogen-bond donors (Lipinski definition) is 2. The van der Waals surface area contributed by atoms with Crippen LogP contribution in [0, 0.1) is 13.8 Å². The summed E-state index contributed by atoms with van der Waals surface area (Å²) in [4.78, 5) is 13.6. The van der Waals surface area contributed by atoms with Gasteiger partial charge in [0.1, 0.15) is 6.04 Å².